The molecule has 3 rings (SSSR count). The molecule has 5 nitrogen and oxygen atoms in total. The lowest BCUT2D eigenvalue weighted by atomic mass is 10.1. The van der Waals surface area contributed by atoms with Crippen molar-refractivity contribution in [3.63, 3.8) is 0 Å². The molecule has 0 spiro atoms. The minimum absolute atomic E-state index is 0.204. The minimum atomic E-state index is -0.980. The highest BCUT2D eigenvalue weighted by Crippen LogP contribution is 2.24. The maximum atomic E-state index is 11.2. The van der Waals surface area contributed by atoms with E-state index in [9.17, 15) is 9.90 Å². The predicted octanol–water partition coefficient (Wildman–Crippen LogP) is 3.07. The molecule has 98 valence electrons. The van der Waals surface area contributed by atoms with Gasteiger partial charge in [-0.1, -0.05) is 24.3 Å². The van der Waals surface area contributed by atoms with E-state index in [-0.39, 0.29) is 5.56 Å². The number of hydrogen-bond donors (Lipinski definition) is 2. The number of hydrogen-bond acceptors (Lipinski definition) is 4. The summed E-state index contributed by atoms with van der Waals surface area (Å²) in [5.41, 5.74) is 1.51. The molecule has 0 amide bonds. The Kier molecular flexibility index (Phi) is 3.01. The first-order chi connectivity index (χ1) is 9.75. The number of nitrogens with zero attached hydrogens (tertiary/aromatic N) is 2. The summed E-state index contributed by atoms with van der Waals surface area (Å²) in [4.78, 5) is 19.6. The Balaban J connectivity index is 2.08. The van der Waals surface area contributed by atoms with Crippen LogP contribution in [0.5, 0.6) is 0 Å². The lowest BCUT2D eigenvalue weighted by molar-refractivity contribution is 0.0698. The fraction of sp³-hybridized carbons (Fsp3) is 0. The predicted molar refractivity (Wildman–Crippen MR) is 76.2 cm³/mol. The number of nitrogens with one attached hydrogen (secondary N) is 1. The number of benzene rings is 2. The summed E-state index contributed by atoms with van der Waals surface area (Å²) in [6.07, 6.45) is 1.45. The fourth-order valence-corrected chi connectivity index (χ4v) is 2.01. The van der Waals surface area contributed by atoms with Crippen LogP contribution in [-0.2, 0) is 0 Å². The van der Waals surface area contributed by atoms with Crippen LogP contribution >= 0.6 is 0 Å². The molecule has 2 aromatic carbocycles. The third-order valence-electron chi connectivity index (χ3n) is 2.95. The number of carboxylic acid groups (broad SMARTS) is 1. The Hall–Kier alpha value is -2.95. The molecule has 20 heavy (non-hydrogen) atoms. The van der Waals surface area contributed by atoms with Crippen molar-refractivity contribution in [1.82, 2.24) is 9.97 Å². The highest BCUT2D eigenvalue weighted by molar-refractivity contribution is 5.97. The maximum absolute atomic E-state index is 11.2. The number of para-hydroxylation sites is 2. The molecule has 0 aliphatic heterocycles. The van der Waals surface area contributed by atoms with Gasteiger partial charge in [-0.05, 0) is 24.3 Å². The summed E-state index contributed by atoms with van der Waals surface area (Å²) in [6, 6.07) is 14.3. The molecule has 0 bridgehead atoms. The Bertz CT molecular complexity index is 781. The molecule has 0 atom stereocenters. The zero-order valence-electron chi connectivity index (χ0n) is 10.4. The van der Waals surface area contributed by atoms with Crippen LogP contribution in [0.2, 0.25) is 0 Å². The van der Waals surface area contributed by atoms with Crippen LogP contribution in [0, 0.1) is 0 Å². The van der Waals surface area contributed by atoms with E-state index in [2.05, 4.69) is 15.3 Å². The molecule has 0 saturated heterocycles. The van der Waals surface area contributed by atoms with E-state index < -0.39 is 5.97 Å². The molecule has 1 heterocycles. The van der Waals surface area contributed by atoms with Gasteiger partial charge in [0.1, 0.15) is 12.1 Å². The van der Waals surface area contributed by atoms with Crippen molar-refractivity contribution < 1.29 is 9.90 Å². The normalized spacial score (nSPS) is 10.4. The Morgan fingerprint density at radius 2 is 1.75 bits per heavy atom. The Labute approximate surface area is 114 Å². The second kappa shape index (κ2) is 4.97. The summed E-state index contributed by atoms with van der Waals surface area (Å²) < 4.78 is 0. The highest BCUT2D eigenvalue weighted by Gasteiger charge is 2.10. The third-order valence-corrected chi connectivity index (χ3v) is 2.95. The van der Waals surface area contributed by atoms with E-state index in [1.54, 1.807) is 24.3 Å². The standard InChI is InChI=1S/C15H11N3O2/c19-15(20)11-6-2-4-8-13(11)18-14-10-5-1-3-7-12(10)16-9-17-14/h1-9H,(H,19,20)(H,16,17,18). The molecule has 0 fully saturated rings. The molecule has 0 radical (unpaired) electrons. The van der Waals surface area contributed by atoms with Gasteiger partial charge in [-0.15, -0.1) is 0 Å². The summed E-state index contributed by atoms with van der Waals surface area (Å²) in [6.45, 7) is 0. The van der Waals surface area contributed by atoms with Gasteiger partial charge < -0.3 is 10.4 Å². The second-order valence-electron chi connectivity index (χ2n) is 4.22. The van der Waals surface area contributed by atoms with Gasteiger partial charge in [0, 0.05) is 5.39 Å². The van der Waals surface area contributed by atoms with Crippen molar-refractivity contribution in [2.24, 2.45) is 0 Å². The smallest absolute Gasteiger partial charge is 0.337 e. The van der Waals surface area contributed by atoms with Gasteiger partial charge in [0.05, 0.1) is 16.8 Å². The first-order valence-corrected chi connectivity index (χ1v) is 6.05. The van der Waals surface area contributed by atoms with Crippen molar-refractivity contribution in [1.29, 1.82) is 0 Å². The van der Waals surface area contributed by atoms with Gasteiger partial charge in [0.25, 0.3) is 0 Å². The molecule has 5 heteroatoms. The fourth-order valence-electron chi connectivity index (χ4n) is 2.01. The minimum Gasteiger partial charge on any atom is -0.478 e. The summed E-state index contributed by atoms with van der Waals surface area (Å²) in [5, 5.41) is 13.1. The molecule has 1 aromatic heterocycles. The molecular formula is C15H11N3O2. The van der Waals surface area contributed by atoms with Crippen LogP contribution in [0.3, 0.4) is 0 Å². The van der Waals surface area contributed by atoms with Crippen LogP contribution in [-0.4, -0.2) is 21.0 Å². The van der Waals surface area contributed by atoms with E-state index in [0.29, 0.717) is 11.5 Å². The number of rotatable bonds is 3. The SMILES string of the molecule is O=C(O)c1ccccc1Nc1ncnc2ccccc12. The monoisotopic (exact) mass is 265 g/mol. The van der Waals surface area contributed by atoms with Crippen molar-refractivity contribution in [2.45, 2.75) is 0 Å². The molecular weight excluding hydrogens is 254 g/mol. The second-order valence-corrected chi connectivity index (χ2v) is 4.22. The Morgan fingerprint density at radius 3 is 2.60 bits per heavy atom. The van der Waals surface area contributed by atoms with Crippen LogP contribution in [0.4, 0.5) is 11.5 Å². The average Bonchev–Trinajstić information content (AvgIpc) is 2.48. The van der Waals surface area contributed by atoms with Crippen LogP contribution in [0.15, 0.2) is 54.9 Å². The average molecular weight is 265 g/mol. The lowest BCUT2D eigenvalue weighted by Crippen LogP contribution is -2.03. The number of fused-ring (bicyclic) bond motifs is 1. The Morgan fingerprint density at radius 1 is 1.00 bits per heavy atom. The van der Waals surface area contributed by atoms with Gasteiger partial charge in [-0.25, -0.2) is 14.8 Å². The lowest BCUT2D eigenvalue weighted by Gasteiger charge is -2.10. The van der Waals surface area contributed by atoms with Crippen molar-refractivity contribution in [2.75, 3.05) is 5.32 Å². The highest BCUT2D eigenvalue weighted by atomic mass is 16.4. The van der Waals surface area contributed by atoms with Crippen LogP contribution in [0.25, 0.3) is 10.9 Å². The van der Waals surface area contributed by atoms with E-state index in [0.717, 1.165) is 10.9 Å². The molecule has 3 aromatic rings. The molecule has 0 aliphatic rings. The molecule has 2 N–H and O–H groups in total. The van der Waals surface area contributed by atoms with Crippen molar-refractivity contribution in [3.05, 3.63) is 60.4 Å². The largest absolute Gasteiger partial charge is 0.478 e. The first kappa shape index (κ1) is 12.1. The van der Waals surface area contributed by atoms with Crippen LogP contribution < -0.4 is 5.32 Å². The zero-order chi connectivity index (χ0) is 13.9. The van der Waals surface area contributed by atoms with Gasteiger partial charge in [0.15, 0.2) is 0 Å². The first-order valence-electron chi connectivity index (χ1n) is 6.05. The summed E-state index contributed by atoms with van der Waals surface area (Å²) in [7, 11) is 0. The van der Waals surface area contributed by atoms with Gasteiger partial charge in [0.2, 0.25) is 0 Å². The van der Waals surface area contributed by atoms with E-state index in [1.165, 1.54) is 6.33 Å². The van der Waals surface area contributed by atoms with E-state index in [4.69, 9.17) is 0 Å². The number of carbonyl (C=O) groups is 1. The molecule has 0 saturated carbocycles. The van der Waals surface area contributed by atoms with Crippen molar-refractivity contribution in [3.8, 4) is 0 Å². The third kappa shape index (κ3) is 2.16. The number of anilines is 2. The maximum Gasteiger partial charge on any atom is 0.337 e. The number of aromatic nitrogens is 2. The van der Waals surface area contributed by atoms with Gasteiger partial charge in [-0.3, -0.25) is 0 Å². The number of carboxylic acids is 1. The van der Waals surface area contributed by atoms with Gasteiger partial charge >= 0.3 is 5.97 Å². The van der Waals surface area contributed by atoms with Gasteiger partial charge in [-0.2, -0.15) is 0 Å². The molecule has 0 unspecified atom stereocenters. The van der Waals surface area contributed by atoms with E-state index >= 15 is 0 Å². The topological polar surface area (TPSA) is 75.1 Å². The zero-order valence-corrected chi connectivity index (χ0v) is 10.4. The van der Waals surface area contributed by atoms with Crippen LogP contribution in [0.1, 0.15) is 10.4 Å². The molecule has 0 aliphatic carbocycles. The summed E-state index contributed by atoms with van der Waals surface area (Å²) in [5.74, 6) is -0.393. The quantitative estimate of drug-likeness (QED) is 0.761. The van der Waals surface area contributed by atoms with E-state index in [1.807, 2.05) is 24.3 Å². The number of aromatic carboxylic acids is 1. The summed E-state index contributed by atoms with van der Waals surface area (Å²) >= 11 is 0. The van der Waals surface area contributed by atoms with Crippen molar-refractivity contribution >= 4 is 28.4 Å².